The van der Waals surface area contributed by atoms with Crippen LogP contribution in [0.25, 0.3) is 0 Å². The van der Waals surface area contributed by atoms with E-state index in [1.165, 1.54) is 25.7 Å². The van der Waals surface area contributed by atoms with Crippen LogP contribution >= 0.6 is 0 Å². The monoisotopic (exact) mass is 290 g/mol. The van der Waals surface area contributed by atoms with Crippen LogP contribution in [0.15, 0.2) is 18.2 Å². The third-order valence-electron chi connectivity index (χ3n) is 4.94. The van der Waals surface area contributed by atoms with E-state index in [0.29, 0.717) is 0 Å². The molecule has 1 aliphatic carbocycles. The molecule has 0 aromatic heterocycles. The smallest absolute Gasteiger partial charge is 0.122 e. The van der Waals surface area contributed by atoms with Crippen LogP contribution in [0.1, 0.15) is 62.7 Å². The molecule has 1 aliphatic heterocycles. The molecule has 3 rings (SSSR count). The second-order valence-corrected chi connectivity index (χ2v) is 6.67. The first-order valence-electron chi connectivity index (χ1n) is 8.17. The molecule has 3 nitrogen and oxygen atoms in total. The maximum atomic E-state index is 9.64. The average molecular weight is 290 g/mol. The van der Waals surface area contributed by atoms with Crippen molar-refractivity contribution in [2.45, 2.75) is 70.2 Å². The van der Waals surface area contributed by atoms with Gasteiger partial charge < -0.3 is 14.6 Å². The molecule has 1 spiro atoms. The Hall–Kier alpha value is -1.06. The Balaban J connectivity index is 1.68. The molecule has 2 aliphatic rings. The van der Waals surface area contributed by atoms with Gasteiger partial charge in [-0.1, -0.05) is 18.9 Å². The predicted molar refractivity (Wildman–Crippen MR) is 82.6 cm³/mol. The van der Waals surface area contributed by atoms with Gasteiger partial charge in [0.25, 0.3) is 0 Å². The number of rotatable bonds is 3. The van der Waals surface area contributed by atoms with Gasteiger partial charge in [-0.05, 0) is 49.9 Å². The highest BCUT2D eigenvalue weighted by Gasteiger charge is 2.40. The molecular formula is C18H26O3. The van der Waals surface area contributed by atoms with E-state index in [-0.39, 0.29) is 11.7 Å². The normalized spacial score (nSPS) is 26.0. The van der Waals surface area contributed by atoms with Crippen molar-refractivity contribution in [1.82, 2.24) is 0 Å². The minimum Gasteiger partial charge on any atom is -0.490 e. The first kappa shape index (κ1) is 14.9. The molecule has 116 valence electrons. The average Bonchev–Trinajstić information content (AvgIpc) is 2.89. The van der Waals surface area contributed by atoms with Gasteiger partial charge >= 0.3 is 0 Å². The van der Waals surface area contributed by atoms with Crippen LogP contribution < -0.4 is 4.74 Å². The van der Waals surface area contributed by atoms with E-state index in [4.69, 9.17) is 9.47 Å². The molecule has 2 fully saturated rings. The SMILES string of the molecule is Cc1cc([C@H](C)O)ccc1OC1CCOC2(CCCC2)C1. The summed E-state index contributed by atoms with van der Waals surface area (Å²) in [6.07, 6.45) is 6.77. The number of aliphatic hydroxyl groups excluding tert-OH is 1. The molecule has 1 aromatic rings. The van der Waals surface area contributed by atoms with Gasteiger partial charge in [0.05, 0.1) is 18.3 Å². The zero-order valence-electron chi connectivity index (χ0n) is 13.1. The summed E-state index contributed by atoms with van der Waals surface area (Å²) in [5.41, 5.74) is 2.13. The summed E-state index contributed by atoms with van der Waals surface area (Å²) in [6, 6.07) is 5.97. The molecule has 1 N–H and O–H groups in total. The lowest BCUT2D eigenvalue weighted by molar-refractivity contribution is -0.108. The van der Waals surface area contributed by atoms with Crippen LogP contribution in [0.2, 0.25) is 0 Å². The summed E-state index contributed by atoms with van der Waals surface area (Å²) in [5, 5.41) is 9.64. The van der Waals surface area contributed by atoms with E-state index in [0.717, 1.165) is 36.3 Å². The standard InChI is InChI=1S/C18H26O3/c1-13-11-15(14(2)19)5-6-17(13)21-16-7-10-20-18(12-16)8-3-4-9-18/h5-6,11,14,16,19H,3-4,7-10,12H2,1-2H3/t14-,16?/m0/s1. The Morgan fingerprint density at radius 2 is 2.10 bits per heavy atom. The fourth-order valence-corrected chi connectivity index (χ4v) is 3.70. The van der Waals surface area contributed by atoms with E-state index in [1.54, 1.807) is 6.92 Å². The highest BCUT2D eigenvalue weighted by atomic mass is 16.5. The Labute approximate surface area is 127 Å². The molecule has 3 heteroatoms. The number of hydrogen-bond acceptors (Lipinski definition) is 3. The van der Waals surface area contributed by atoms with Gasteiger partial charge in [-0.15, -0.1) is 0 Å². The molecule has 1 unspecified atom stereocenters. The van der Waals surface area contributed by atoms with Crippen LogP contribution in [0.3, 0.4) is 0 Å². The number of ether oxygens (including phenoxy) is 2. The van der Waals surface area contributed by atoms with E-state index in [1.807, 2.05) is 25.1 Å². The van der Waals surface area contributed by atoms with Crippen molar-refractivity contribution >= 4 is 0 Å². The maximum absolute atomic E-state index is 9.64. The fourth-order valence-electron chi connectivity index (χ4n) is 3.70. The lowest BCUT2D eigenvalue weighted by Crippen LogP contribution is -2.41. The van der Waals surface area contributed by atoms with E-state index >= 15 is 0 Å². The van der Waals surface area contributed by atoms with Crippen molar-refractivity contribution in [3.63, 3.8) is 0 Å². The van der Waals surface area contributed by atoms with Crippen LogP contribution in [0.5, 0.6) is 5.75 Å². The fraction of sp³-hybridized carbons (Fsp3) is 0.667. The third-order valence-corrected chi connectivity index (χ3v) is 4.94. The zero-order valence-corrected chi connectivity index (χ0v) is 13.1. The summed E-state index contributed by atoms with van der Waals surface area (Å²) >= 11 is 0. The van der Waals surface area contributed by atoms with Crippen LogP contribution in [0.4, 0.5) is 0 Å². The second kappa shape index (κ2) is 5.98. The lowest BCUT2D eigenvalue weighted by Gasteiger charge is -2.38. The topological polar surface area (TPSA) is 38.7 Å². The van der Waals surface area contributed by atoms with Crippen molar-refractivity contribution in [2.75, 3.05) is 6.61 Å². The summed E-state index contributed by atoms with van der Waals surface area (Å²) in [4.78, 5) is 0. The van der Waals surface area contributed by atoms with Crippen LogP contribution in [0, 0.1) is 6.92 Å². The van der Waals surface area contributed by atoms with Crippen molar-refractivity contribution < 1.29 is 14.6 Å². The summed E-state index contributed by atoms with van der Waals surface area (Å²) in [7, 11) is 0. The van der Waals surface area contributed by atoms with Crippen molar-refractivity contribution in [2.24, 2.45) is 0 Å². The molecule has 2 atom stereocenters. The highest BCUT2D eigenvalue weighted by Crippen LogP contribution is 2.41. The first-order valence-corrected chi connectivity index (χ1v) is 8.17. The summed E-state index contributed by atoms with van der Waals surface area (Å²) in [6.45, 7) is 4.65. The van der Waals surface area contributed by atoms with E-state index < -0.39 is 6.10 Å². The Morgan fingerprint density at radius 1 is 1.33 bits per heavy atom. The van der Waals surface area contributed by atoms with E-state index in [2.05, 4.69) is 0 Å². The van der Waals surface area contributed by atoms with Crippen LogP contribution in [-0.2, 0) is 4.74 Å². The molecule has 1 aromatic carbocycles. The van der Waals surface area contributed by atoms with Gasteiger partial charge in [0, 0.05) is 12.8 Å². The molecule has 1 heterocycles. The molecule has 1 saturated carbocycles. The van der Waals surface area contributed by atoms with Gasteiger partial charge in [0.2, 0.25) is 0 Å². The van der Waals surface area contributed by atoms with Crippen molar-refractivity contribution in [1.29, 1.82) is 0 Å². The molecule has 1 saturated heterocycles. The maximum Gasteiger partial charge on any atom is 0.122 e. The number of aryl methyl sites for hydroxylation is 1. The summed E-state index contributed by atoms with van der Waals surface area (Å²) < 4.78 is 12.3. The van der Waals surface area contributed by atoms with Gasteiger partial charge in [-0.3, -0.25) is 0 Å². The van der Waals surface area contributed by atoms with Crippen LogP contribution in [-0.4, -0.2) is 23.4 Å². The lowest BCUT2D eigenvalue weighted by atomic mass is 9.90. The van der Waals surface area contributed by atoms with E-state index in [9.17, 15) is 5.11 Å². The van der Waals surface area contributed by atoms with Gasteiger partial charge in [-0.2, -0.15) is 0 Å². The van der Waals surface area contributed by atoms with Crippen molar-refractivity contribution in [3.05, 3.63) is 29.3 Å². The van der Waals surface area contributed by atoms with Gasteiger partial charge in [0.15, 0.2) is 0 Å². The molecule has 0 radical (unpaired) electrons. The Morgan fingerprint density at radius 3 is 2.76 bits per heavy atom. The first-order chi connectivity index (χ1) is 10.1. The Kier molecular flexibility index (Phi) is 4.23. The summed E-state index contributed by atoms with van der Waals surface area (Å²) in [5.74, 6) is 0.944. The molecular weight excluding hydrogens is 264 g/mol. The molecule has 0 amide bonds. The molecule has 21 heavy (non-hydrogen) atoms. The zero-order chi connectivity index (χ0) is 14.9. The van der Waals surface area contributed by atoms with Gasteiger partial charge in [0.1, 0.15) is 11.9 Å². The minimum atomic E-state index is -0.428. The van der Waals surface area contributed by atoms with Gasteiger partial charge in [-0.25, -0.2) is 0 Å². The predicted octanol–water partition coefficient (Wildman–Crippen LogP) is 3.92. The Bertz CT molecular complexity index is 489. The number of benzene rings is 1. The molecule has 0 bridgehead atoms. The number of aliphatic hydroxyl groups is 1. The minimum absolute atomic E-state index is 0.0936. The number of hydrogen-bond donors (Lipinski definition) is 1. The second-order valence-electron chi connectivity index (χ2n) is 6.67. The third kappa shape index (κ3) is 3.24. The largest absolute Gasteiger partial charge is 0.490 e. The van der Waals surface area contributed by atoms with Crippen molar-refractivity contribution in [3.8, 4) is 5.75 Å². The highest BCUT2D eigenvalue weighted by molar-refractivity contribution is 5.37. The quantitative estimate of drug-likeness (QED) is 0.917.